The lowest BCUT2D eigenvalue weighted by molar-refractivity contribution is -0.141. The summed E-state index contributed by atoms with van der Waals surface area (Å²) in [7, 11) is 1.28. The third-order valence-electron chi connectivity index (χ3n) is 5.10. The van der Waals surface area contributed by atoms with Crippen LogP contribution in [0.5, 0.6) is 11.5 Å². The summed E-state index contributed by atoms with van der Waals surface area (Å²) in [6.45, 7) is 3.07. The number of carbonyl (C=O) groups excluding carboxylic acids is 3. The monoisotopic (exact) mass is 440 g/mol. The first-order chi connectivity index (χ1) is 15.5. The van der Waals surface area contributed by atoms with Gasteiger partial charge in [-0.2, -0.15) is 0 Å². The Labute approximate surface area is 187 Å². The third-order valence-corrected chi connectivity index (χ3v) is 5.10. The van der Waals surface area contributed by atoms with Gasteiger partial charge >= 0.3 is 5.97 Å². The number of benzene rings is 2. The predicted octanol–water partition coefficient (Wildman–Crippen LogP) is 3.47. The molecule has 2 aromatic rings. The molecule has 0 unspecified atom stereocenters. The van der Waals surface area contributed by atoms with E-state index in [-0.39, 0.29) is 31.3 Å². The molecular weight excluding hydrogens is 412 g/mol. The van der Waals surface area contributed by atoms with Crippen LogP contribution < -0.4 is 19.7 Å². The topological polar surface area (TPSA) is 94.2 Å². The molecule has 0 aliphatic carbocycles. The van der Waals surface area contributed by atoms with Gasteiger partial charge in [-0.25, -0.2) is 0 Å². The second-order valence-electron chi connectivity index (χ2n) is 7.46. The zero-order valence-electron chi connectivity index (χ0n) is 18.4. The Bertz CT molecular complexity index is 975. The van der Waals surface area contributed by atoms with Crippen molar-refractivity contribution in [1.82, 2.24) is 0 Å². The number of nitrogens with one attached hydrogen (secondary N) is 1. The fourth-order valence-electron chi connectivity index (χ4n) is 3.34. The molecule has 32 heavy (non-hydrogen) atoms. The lowest BCUT2D eigenvalue weighted by Gasteiger charge is -2.30. The van der Waals surface area contributed by atoms with E-state index in [9.17, 15) is 14.4 Å². The summed E-state index contributed by atoms with van der Waals surface area (Å²) in [6.07, 6.45) is 1.57. The predicted molar refractivity (Wildman–Crippen MR) is 120 cm³/mol. The van der Waals surface area contributed by atoms with Crippen LogP contribution in [0.2, 0.25) is 0 Å². The molecule has 0 fully saturated rings. The van der Waals surface area contributed by atoms with Crippen molar-refractivity contribution in [2.75, 3.05) is 37.1 Å². The normalized spacial score (nSPS) is 12.6. The highest BCUT2D eigenvalue weighted by Gasteiger charge is 2.25. The van der Waals surface area contributed by atoms with Gasteiger partial charge in [0.15, 0.2) is 6.61 Å². The van der Waals surface area contributed by atoms with Gasteiger partial charge in [0.25, 0.3) is 5.91 Å². The third kappa shape index (κ3) is 6.23. The molecule has 3 rings (SSSR count). The minimum absolute atomic E-state index is 0.00553. The van der Waals surface area contributed by atoms with Crippen LogP contribution in [0.1, 0.15) is 31.2 Å². The number of anilines is 2. The van der Waals surface area contributed by atoms with Crippen LogP contribution in [0.25, 0.3) is 0 Å². The highest BCUT2D eigenvalue weighted by molar-refractivity contribution is 5.99. The Morgan fingerprint density at radius 2 is 1.94 bits per heavy atom. The highest BCUT2D eigenvalue weighted by Crippen LogP contribution is 2.35. The fraction of sp³-hybridized carbons (Fsp3) is 0.375. The van der Waals surface area contributed by atoms with Crippen molar-refractivity contribution in [2.45, 2.75) is 32.6 Å². The number of aryl methyl sites for hydroxylation is 1. The molecule has 0 spiro atoms. The van der Waals surface area contributed by atoms with Gasteiger partial charge in [-0.3, -0.25) is 14.4 Å². The molecule has 2 amide bonds. The maximum Gasteiger partial charge on any atom is 0.306 e. The van der Waals surface area contributed by atoms with E-state index >= 15 is 0 Å². The number of carbonyl (C=O) groups is 3. The molecule has 1 heterocycles. The second-order valence-corrected chi connectivity index (χ2v) is 7.46. The minimum Gasteiger partial charge on any atom is -0.493 e. The molecule has 0 atom stereocenters. The van der Waals surface area contributed by atoms with Crippen molar-refractivity contribution in [3.63, 3.8) is 0 Å². The number of hydrogen-bond donors (Lipinski definition) is 1. The Kier molecular flexibility index (Phi) is 8.08. The summed E-state index contributed by atoms with van der Waals surface area (Å²) in [5, 5.41) is 2.75. The average molecular weight is 440 g/mol. The van der Waals surface area contributed by atoms with Crippen LogP contribution in [-0.4, -0.2) is 44.7 Å². The van der Waals surface area contributed by atoms with Crippen LogP contribution in [0, 0.1) is 6.92 Å². The summed E-state index contributed by atoms with van der Waals surface area (Å²) in [5.41, 5.74) is 2.24. The summed E-state index contributed by atoms with van der Waals surface area (Å²) in [4.78, 5) is 37.4. The smallest absolute Gasteiger partial charge is 0.306 e. The fourth-order valence-corrected chi connectivity index (χ4v) is 3.34. The van der Waals surface area contributed by atoms with Crippen molar-refractivity contribution in [3.8, 4) is 11.5 Å². The number of methoxy groups -OCH3 is 1. The second kappa shape index (κ2) is 11.2. The summed E-state index contributed by atoms with van der Waals surface area (Å²) >= 11 is 0. The Balaban J connectivity index is 1.55. The van der Waals surface area contributed by atoms with Crippen LogP contribution in [0.4, 0.5) is 11.4 Å². The molecule has 1 aliphatic rings. The molecule has 0 bridgehead atoms. The van der Waals surface area contributed by atoms with Gasteiger partial charge in [0.2, 0.25) is 5.91 Å². The van der Waals surface area contributed by atoms with Crippen molar-refractivity contribution >= 4 is 29.2 Å². The molecule has 2 aromatic carbocycles. The SMILES string of the molecule is COC(=O)CCC(=O)Nc1ccc2c(c1)N(CCCCOc1ccccc1C)C(=O)CO2. The molecule has 8 nitrogen and oxygen atoms in total. The molecule has 0 radical (unpaired) electrons. The molecule has 0 saturated carbocycles. The highest BCUT2D eigenvalue weighted by atomic mass is 16.5. The van der Waals surface area contributed by atoms with Crippen molar-refractivity contribution in [1.29, 1.82) is 0 Å². The van der Waals surface area contributed by atoms with E-state index in [1.807, 2.05) is 31.2 Å². The van der Waals surface area contributed by atoms with Crippen LogP contribution in [-0.2, 0) is 19.1 Å². The Morgan fingerprint density at radius 3 is 2.72 bits per heavy atom. The largest absolute Gasteiger partial charge is 0.493 e. The van der Waals surface area contributed by atoms with E-state index in [1.165, 1.54) is 7.11 Å². The number of unbranched alkanes of at least 4 members (excludes halogenated alkanes) is 1. The Hall–Kier alpha value is -3.55. The summed E-state index contributed by atoms with van der Waals surface area (Å²) in [6, 6.07) is 13.0. The van der Waals surface area contributed by atoms with Gasteiger partial charge in [0.05, 0.1) is 25.8 Å². The van der Waals surface area contributed by atoms with Gasteiger partial charge in [-0.1, -0.05) is 18.2 Å². The number of esters is 1. The first-order valence-electron chi connectivity index (χ1n) is 10.6. The van der Waals surface area contributed by atoms with E-state index < -0.39 is 5.97 Å². The summed E-state index contributed by atoms with van der Waals surface area (Å²) in [5.74, 6) is 0.577. The number of hydrogen-bond acceptors (Lipinski definition) is 6. The van der Waals surface area contributed by atoms with Crippen molar-refractivity contribution in [3.05, 3.63) is 48.0 Å². The van der Waals surface area contributed by atoms with E-state index in [2.05, 4.69) is 10.1 Å². The first-order valence-corrected chi connectivity index (χ1v) is 10.6. The zero-order valence-corrected chi connectivity index (χ0v) is 18.4. The number of amides is 2. The Morgan fingerprint density at radius 1 is 1.12 bits per heavy atom. The molecule has 1 N–H and O–H groups in total. The molecule has 1 aliphatic heterocycles. The van der Waals surface area contributed by atoms with Gasteiger partial charge in [-0.05, 0) is 49.6 Å². The number of nitrogens with zero attached hydrogens (tertiary/aromatic N) is 1. The number of para-hydroxylation sites is 1. The standard InChI is InChI=1S/C24H28N2O6/c1-17-7-3-4-8-20(17)31-14-6-5-13-26-19-15-18(9-10-21(19)32-16-23(26)28)25-22(27)11-12-24(29)30-2/h3-4,7-10,15H,5-6,11-14,16H2,1-2H3,(H,25,27). The number of ether oxygens (including phenoxy) is 3. The minimum atomic E-state index is -0.442. The lowest BCUT2D eigenvalue weighted by atomic mass is 10.1. The van der Waals surface area contributed by atoms with Gasteiger partial charge in [0.1, 0.15) is 11.5 Å². The quantitative estimate of drug-likeness (QED) is 0.449. The average Bonchev–Trinajstić information content (AvgIpc) is 2.79. The zero-order chi connectivity index (χ0) is 22.9. The lowest BCUT2D eigenvalue weighted by Crippen LogP contribution is -2.39. The first kappa shape index (κ1) is 23.1. The van der Waals surface area contributed by atoms with Gasteiger partial charge < -0.3 is 24.4 Å². The molecule has 0 saturated heterocycles. The van der Waals surface area contributed by atoms with E-state index in [4.69, 9.17) is 9.47 Å². The van der Waals surface area contributed by atoms with Crippen LogP contribution in [0.3, 0.4) is 0 Å². The molecule has 0 aromatic heterocycles. The molecule has 170 valence electrons. The van der Waals surface area contributed by atoms with E-state index in [1.54, 1.807) is 23.1 Å². The van der Waals surface area contributed by atoms with Crippen LogP contribution in [0.15, 0.2) is 42.5 Å². The van der Waals surface area contributed by atoms with E-state index in [0.717, 1.165) is 24.2 Å². The molecular formula is C24H28N2O6. The van der Waals surface area contributed by atoms with Crippen molar-refractivity contribution < 1.29 is 28.6 Å². The maximum atomic E-state index is 12.5. The molecule has 8 heteroatoms. The van der Waals surface area contributed by atoms with Crippen molar-refractivity contribution in [2.24, 2.45) is 0 Å². The number of fused-ring (bicyclic) bond motifs is 1. The number of rotatable bonds is 10. The van der Waals surface area contributed by atoms with Gasteiger partial charge in [-0.15, -0.1) is 0 Å². The maximum absolute atomic E-state index is 12.5. The van der Waals surface area contributed by atoms with Gasteiger partial charge in [0, 0.05) is 18.7 Å². The summed E-state index contributed by atoms with van der Waals surface area (Å²) < 4.78 is 15.9. The van der Waals surface area contributed by atoms with Crippen LogP contribution >= 0.6 is 0 Å². The van der Waals surface area contributed by atoms with E-state index in [0.29, 0.717) is 30.3 Å².